The summed E-state index contributed by atoms with van der Waals surface area (Å²) in [6.07, 6.45) is 0.899. The van der Waals surface area contributed by atoms with Crippen molar-refractivity contribution in [3.8, 4) is 0 Å². The standard InChI is InChI=1S/C12H16N2O/c1-7-4-3-5-9(8(7)2)12(15)14-11-6-10(11)13/h3-5,10-11H,6,13H2,1-2H3,(H,14,15). The largest absolute Gasteiger partial charge is 0.348 e. The summed E-state index contributed by atoms with van der Waals surface area (Å²) in [7, 11) is 0. The Morgan fingerprint density at radius 1 is 1.47 bits per heavy atom. The Bertz CT molecular complexity index is 401. The van der Waals surface area contributed by atoms with Crippen LogP contribution >= 0.6 is 0 Å². The van der Waals surface area contributed by atoms with E-state index in [1.807, 2.05) is 32.0 Å². The van der Waals surface area contributed by atoms with Crippen molar-refractivity contribution in [1.29, 1.82) is 0 Å². The van der Waals surface area contributed by atoms with Gasteiger partial charge in [-0.05, 0) is 37.5 Å². The SMILES string of the molecule is Cc1cccc(C(=O)NC2CC2N)c1C. The highest BCUT2D eigenvalue weighted by Gasteiger charge is 2.35. The van der Waals surface area contributed by atoms with Crippen molar-refractivity contribution in [2.75, 3.05) is 0 Å². The fourth-order valence-electron chi connectivity index (χ4n) is 1.62. The molecule has 1 aliphatic rings. The summed E-state index contributed by atoms with van der Waals surface area (Å²) in [5, 5.41) is 2.92. The zero-order chi connectivity index (χ0) is 11.0. The number of hydrogen-bond donors (Lipinski definition) is 2. The minimum absolute atomic E-state index is 0.00542. The van der Waals surface area contributed by atoms with Crippen molar-refractivity contribution in [3.05, 3.63) is 34.9 Å². The molecule has 3 heteroatoms. The van der Waals surface area contributed by atoms with E-state index in [1.165, 1.54) is 0 Å². The van der Waals surface area contributed by atoms with E-state index in [9.17, 15) is 4.79 Å². The van der Waals surface area contributed by atoms with Crippen LogP contribution in [-0.4, -0.2) is 18.0 Å². The topological polar surface area (TPSA) is 55.1 Å². The lowest BCUT2D eigenvalue weighted by Crippen LogP contribution is -2.30. The van der Waals surface area contributed by atoms with Gasteiger partial charge in [0.2, 0.25) is 0 Å². The molecule has 2 atom stereocenters. The molecule has 2 unspecified atom stereocenters. The predicted molar refractivity (Wildman–Crippen MR) is 59.8 cm³/mol. The molecule has 0 aromatic heterocycles. The van der Waals surface area contributed by atoms with Crippen LogP contribution in [0.2, 0.25) is 0 Å². The number of nitrogens with two attached hydrogens (primary N) is 1. The van der Waals surface area contributed by atoms with E-state index in [0.717, 1.165) is 23.1 Å². The molecule has 2 rings (SSSR count). The summed E-state index contributed by atoms with van der Waals surface area (Å²) < 4.78 is 0. The molecule has 1 saturated carbocycles. The number of hydrogen-bond acceptors (Lipinski definition) is 2. The fourth-order valence-corrected chi connectivity index (χ4v) is 1.62. The first-order valence-corrected chi connectivity index (χ1v) is 5.22. The van der Waals surface area contributed by atoms with Crippen LogP contribution in [0.1, 0.15) is 27.9 Å². The van der Waals surface area contributed by atoms with E-state index in [4.69, 9.17) is 5.73 Å². The highest BCUT2D eigenvalue weighted by atomic mass is 16.1. The zero-order valence-corrected chi connectivity index (χ0v) is 9.08. The Hall–Kier alpha value is -1.35. The molecule has 1 aliphatic carbocycles. The number of nitrogens with one attached hydrogen (secondary N) is 1. The van der Waals surface area contributed by atoms with Gasteiger partial charge in [0.15, 0.2) is 0 Å². The number of carbonyl (C=O) groups is 1. The normalized spacial score (nSPS) is 23.7. The number of benzene rings is 1. The van der Waals surface area contributed by atoms with Crippen LogP contribution in [0.15, 0.2) is 18.2 Å². The Kier molecular flexibility index (Phi) is 2.49. The highest BCUT2D eigenvalue weighted by molar-refractivity contribution is 5.96. The molecule has 3 nitrogen and oxygen atoms in total. The minimum atomic E-state index is -0.00542. The second kappa shape index (κ2) is 3.66. The second-order valence-electron chi connectivity index (χ2n) is 4.23. The number of aryl methyl sites for hydroxylation is 1. The van der Waals surface area contributed by atoms with E-state index in [1.54, 1.807) is 0 Å². The molecule has 1 aromatic rings. The molecule has 0 saturated heterocycles. The third kappa shape index (κ3) is 2.02. The molecule has 1 fully saturated rings. The van der Waals surface area contributed by atoms with Gasteiger partial charge in [0.25, 0.3) is 5.91 Å². The summed E-state index contributed by atoms with van der Waals surface area (Å²) in [4.78, 5) is 11.8. The highest BCUT2D eigenvalue weighted by Crippen LogP contribution is 2.19. The minimum Gasteiger partial charge on any atom is -0.348 e. The summed E-state index contributed by atoms with van der Waals surface area (Å²) in [5.41, 5.74) is 8.59. The summed E-state index contributed by atoms with van der Waals surface area (Å²) >= 11 is 0. The second-order valence-corrected chi connectivity index (χ2v) is 4.23. The van der Waals surface area contributed by atoms with Crippen molar-refractivity contribution in [2.24, 2.45) is 5.73 Å². The van der Waals surface area contributed by atoms with Crippen LogP contribution in [0.3, 0.4) is 0 Å². The first kappa shape index (κ1) is 10.2. The molecule has 0 spiro atoms. The van der Waals surface area contributed by atoms with Crippen molar-refractivity contribution in [3.63, 3.8) is 0 Å². The summed E-state index contributed by atoms with van der Waals surface area (Å²) in [6.45, 7) is 3.98. The average Bonchev–Trinajstić information content (AvgIpc) is 2.86. The third-order valence-corrected chi connectivity index (χ3v) is 3.01. The molecule has 80 valence electrons. The van der Waals surface area contributed by atoms with Gasteiger partial charge in [-0.25, -0.2) is 0 Å². The molecular weight excluding hydrogens is 188 g/mol. The molecule has 15 heavy (non-hydrogen) atoms. The predicted octanol–water partition coefficient (Wildman–Crippen LogP) is 1.13. The molecule has 1 aromatic carbocycles. The molecule has 3 N–H and O–H groups in total. The molecule has 1 amide bonds. The lowest BCUT2D eigenvalue weighted by Gasteiger charge is -2.08. The van der Waals surface area contributed by atoms with Crippen LogP contribution in [0.5, 0.6) is 0 Å². The van der Waals surface area contributed by atoms with Crippen molar-refractivity contribution >= 4 is 5.91 Å². The van der Waals surface area contributed by atoms with Crippen molar-refractivity contribution in [1.82, 2.24) is 5.32 Å². The Labute approximate surface area is 89.7 Å². The van der Waals surface area contributed by atoms with Crippen molar-refractivity contribution in [2.45, 2.75) is 32.4 Å². The summed E-state index contributed by atoms with van der Waals surface area (Å²) in [6, 6.07) is 6.10. The fraction of sp³-hybridized carbons (Fsp3) is 0.417. The first-order chi connectivity index (χ1) is 7.09. The molecule has 0 bridgehead atoms. The zero-order valence-electron chi connectivity index (χ0n) is 9.08. The van der Waals surface area contributed by atoms with Crippen LogP contribution < -0.4 is 11.1 Å². The van der Waals surface area contributed by atoms with Crippen molar-refractivity contribution < 1.29 is 4.79 Å². The number of carbonyl (C=O) groups excluding carboxylic acids is 1. The van der Waals surface area contributed by atoms with Crippen LogP contribution in [0.4, 0.5) is 0 Å². The van der Waals surface area contributed by atoms with Gasteiger partial charge in [-0.2, -0.15) is 0 Å². The lowest BCUT2D eigenvalue weighted by atomic mass is 10.0. The van der Waals surface area contributed by atoms with Gasteiger partial charge < -0.3 is 11.1 Å². The molecule has 0 aliphatic heterocycles. The van der Waals surface area contributed by atoms with Gasteiger partial charge in [-0.3, -0.25) is 4.79 Å². The number of amides is 1. The maximum Gasteiger partial charge on any atom is 0.251 e. The molecule has 0 radical (unpaired) electrons. The van der Waals surface area contributed by atoms with Gasteiger partial charge in [0.05, 0.1) is 0 Å². The maximum absolute atomic E-state index is 11.8. The van der Waals surface area contributed by atoms with Crippen LogP contribution in [0, 0.1) is 13.8 Å². The van der Waals surface area contributed by atoms with Crippen LogP contribution in [-0.2, 0) is 0 Å². The average molecular weight is 204 g/mol. The van der Waals surface area contributed by atoms with Gasteiger partial charge in [-0.15, -0.1) is 0 Å². The number of rotatable bonds is 2. The van der Waals surface area contributed by atoms with Crippen LogP contribution in [0.25, 0.3) is 0 Å². The maximum atomic E-state index is 11.8. The molecular formula is C12H16N2O. The Morgan fingerprint density at radius 2 is 2.13 bits per heavy atom. The van der Waals surface area contributed by atoms with E-state index in [0.29, 0.717) is 0 Å². The van der Waals surface area contributed by atoms with Gasteiger partial charge in [0, 0.05) is 17.6 Å². The van der Waals surface area contributed by atoms with Gasteiger partial charge >= 0.3 is 0 Å². The van der Waals surface area contributed by atoms with E-state index < -0.39 is 0 Å². The van der Waals surface area contributed by atoms with E-state index >= 15 is 0 Å². The quantitative estimate of drug-likeness (QED) is 0.758. The summed E-state index contributed by atoms with van der Waals surface area (Å²) in [5.74, 6) is -0.00542. The molecule has 0 heterocycles. The Balaban J connectivity index is 2.14. The third-order valence-electron chi connectivity index (χ3n) is 3.01. The lowest BCUT2D eigenvalue weighted by molar-refractivity contribution is 0.0949. The first-order valence-electron chi connectivity index (χ1n) is 5.22. The van der Waals surface area contributed by atoms with E-state index in [2.05, 4.69) is 5.32 Å². The van der Waals surface area contributed by atoms with Gasteiger partial charge in [-0.1, -0.05) is 12.1 Å². The monoisotopic (exact) mass is 204 g/mol. The Morgan fingerprint density at radius 3 is 2.73 bits per heavy atom. The smallest absolute Gasteiger partial charge is 0.251 e. The van der Waals surface area contributed by atoms with Gasteiger partial charge in [0.1, 0.15) is 0 Å². The van der Waals surface area contributed by atoms with E-state index in [-0.39, 0.29) is 18.0 Å².